The number of halogens is 3. The number of hydrogen-bond acceptors (Lipinski definition) is 5. The van der Waals surface area contributed by atoms with Crippen molar-refractivity contribution in [1.29, 1.82) is 0 Å². The van der Waals surface area contributed by atoms with Gasteiger partial charge in [0, 0.05) is 20.0 Å². The molecule has 2 N–H and O–H groups in total. The third-order valence-electron chi connectivity index (χ3n) is 5.69. The Hall–Kier alpha value is -0.683. The molecule has 1 saturated carbocycles. The van der Waals surface area contributed by atoms with E-state index in [-0.39, 0.29) is 17.9 Å². The Morgan fingerprint density at radius 2 is 1.85 bits per heavy atom. The van der Waals surface area contributed by atoms with E-state index in [1.54, 1.807) is 0 Å². The average Bonchev–Trinajstić information content (AvgIpc) is 2.89. The van der Waals surface area contributed by atoms with Crippen molar-refractivity contribution in [3.63, 3.8) is 0 Å². The molecule has 0 bridgehead atoms. The van der Waals surface area contributed by atoms with Gasteiger partial charge < -0.3 is 24.3 Å². The van der Waals surface area contributed by atoms with Gasteiger partial charge in [-0.05, 0) is 18.1 Å². The second-order valence-corrected chi connectivity index (χ2v) is 13.4. The number of rotatable bonds is 4. The third-order valence-corrected chi connectivity index (χ3v) is 10.2. The molecule has 0 spiro atoms. The molecule has 1 aliphatic heterocycles. The molecule has 1 aliphatic carbocycles. The predicted molar refractivity (Wildman–Crippen MR) is 89.9 cm³/mol. The van der Waals surface area contributed by atoms with Crippen LogP contribution < -0.4 is 5.32 Å². The van der Waals surface area contributed by atoms with Crippen LogP contribution >= 0.6 is 0 Å². The van der Waals surface area contributed by atoms with Gasteiger partial charge in [0.15, 0.2) is 14.6 Å². The molecular weight excluding hydrogens is 371 g/mol. The molecule has 2 fully saturated rings. The minimum Gasteiger partial charge on any atom is -0.409 e. The van der Waals surface area contributed by atoms with Crippen LogP contribution in [0.5, 0.6) is 0 Å². The lowest BCUT2D eigenvalue weighted by molar-refractivity contribution is -0.176. The number of alkyl halides is 3. The van der Waals surface area contributed by atoms with Crippen LogP contribution in [0.2, 0.25) is 18.1 Å². The fourth-order valence-electron chi connectivity index (χ4n) is 3.22. The van der Waals surface area contributed by atoms with Gasteiger partial charge in [0.2, 0.25) is 0 Å². The molecule has 10 heteroatoms. The van der Waals surface area contributed by atoms with Gasteiger partial charge in [0.25, 0.3) is 0 Å². The van der Waals surface area contributed by atoms with Gasteiger partial charge >= 0.3 is 12.1 Å². The lowest BCUT2D eigenvalue weighted by Gasteiger charge is -2.41. The van der Waals surface area contributed by atoms with E-state index in [1.807, 2.05) is 39.2 Å². The molecule has 1 heterocycles. The van der Waals surface area contributed by atoms with E-state index >= 15 is 0 Å². The molecule has 26 heavy (non-hydrogen) atoms. The summed E-state index contributed by atoms with van der Waals surface area (Å²) < 4.78 is 55.2. The Balaban J connectivity index is 2.28. The number of fused-ring (bicyclic) bond motifs is 1. The van der Waals surface area contributed by atoms with E-state index in [4.69, 9.17) is 13.9 Å². The molecule has 2 rings (SSSR count). The number of nitrogens with one attached hydrogen (secondary N) is 1. The average molecular weight is 399 g/mol. The lowest BCUT2D eigenvalue weighted by atomic mass is 9.98. The first kappa shape index (κ1) is 21.6. The summed E-state index contributed by atoms with van der Waals surface area (Å²) in [5.74, 6) is -2.04. The van der Waals surface area contributed by atoms with Crippen molar-refractivity contribution in [2.45, 2.75) is 88.1 Å². The Morgan fingerprint density at radius 1 is 1.27 bits per heavy atom. The highest BCUT2D eigenvalue weighted by Gasteiger charge is 2.62. The van der Waals surface area contributed by atoms with Crippen LogP contribution in [-0.4, -0.2) is 62.8 Å². The molecule has 2 aliphatic rings. The van der Waals surface area contributed by atoms with Crippen molar-refractivity contribution in [2.75, 3.05) is 7.11 Å². The number of carbonyl (C=O) groups excluding carboxylic acids is 1. The van der Waals surface area contributed by atoms with Crippen LogP contribution in [0.25, 0.3) is 0 Å². The van der Waals surface area contributed by atoms with Crippen LogP contribution in [-0.2, 0) is 18.7 Å². The SMILES string of the molecule is CO[C@H]1C[C@@]2(O)C[C@@H](NC(=O)C(F)(F)F)[C@@H](O[Si](C)(C)C(C)(C)C)[C@H]2O1. The quantitative estimate of drug-likeness (QED) is 0.710. The molecule has 0 unspecified atom stereocenters. The predicted octanol–water partition coefficient (Wildman–Crippen LogP) is 2.32. The Labute approximate surface area is 152 Å². The van der Waals surface area contributed by atoms with Crippen molar-refractivity contribution in [3.05, 3.63) is 0 Å². The van der Waals surface area contributed by atoms with Gasteiger partial charge in [-0.15, -0.1) is 0 Å². The smallest absolute Gasteiger partial charge is 0.409 e. The molecule has 0 aromatic rings. The second kappa shape index (κ2) is 6.73. The first-order valence-electron chi connectivity index (χ1n) is 8.57. The van der Waals surface area contributed by atoms with Gasteiger partial charge in [-0.2, -0.15) is 13.2 Å². The Morgan fingerprint density at radius 3 is 2.31 bits per heavy atom. The van der Waals surface area contributed by atoms with Gasteiger partial charge in [-0.25, -0.2) is 0 Å². The first-order chi connectivity index (χ1) is 11.6. The minimum atomic E-state index is -5.00. The number of ether oxygens (including phenoxy) is 2. The third kappa shape index (κ3) is 4.09. The summed E-state index contributed by atoms with van der Waals surface area (Å²) in [4.78, 5) is 11.4. The molecule has 0 aromatic carbocycles. The standard InChI is InChI=1S/C16H28F3NO5Si/c1-14(2,3)26(5,6)25-11-9(20-13(21)16(17,18)19)7-15(22)8-10(23-4)24-12(11)15/h9-12,22H,7-8H2,1-6H3,(H,20,21)/t9-,10-,11-,12-,15+/m1/s1. The highest BCUT2D eigenvalue weighted by molar-refractivity contribution is 6.74. The zero-order valence-electron chi connectivity index (χ0n) is 15.9. The summed E-state index contributed by atoms with van der Waals surface area (Å²) in [5.41, 5.74) is -1.41. The number of amides is 1. The normalized spacial score (nSPS) is 35.5. The maximum absolute atomic E-state index is 12.7. The summed E-state index contributed by atoms with van der Waals surface area (Å²) in [6, 6.07) is -0.994. The largest absolute Gasteiger partial charge is 0.471 e. The fraction of sp³-hybridized carbons (Fsp3) is 0.938. The van der Waals surface area contributed by atoms with Crippen molar-refractivity contribution >= 4 is 14.2 Å². The molecule has 0 radical (unpaired) electrons. The van der Waals surface area contributed by atoms with Crippen LogP contribution in [0.4, 0.5) is 13.2 Å². The number of carbonyl (C=O) groups is 1. The number of aliphatic hydroxyl groups is 1. The zero-order valence-corrected chi connectivity index (χ0v) is 16.9. The highest BCUT2D eigenvalue weighted by atomic mass is 28.4. The molecule has 1 saturated heterocycles. The maximum atomic E-state index is 12.7. The van der Waals surface area contributed by atoms with E-state index in [1.165, 1.54) is 7.11 Å². The van der Waals surface area contributed by atoms with E-state index in [0.29, 0.717) is 0 Å². The number of methoxy groups -OCH3 is 1. The van der Waals surface area contributed by atoms with Gasteiger partial charge in [0.1, 0.15) is 11.7 Å². The first-order valence-corrected chi connectivity index (χ1v) is 11.5. The van der Waals surface area contributed by atoms with E-state index < -0.39 is 50.5 Å². The lowest BCUT2D eigenvalue weighted by Crippen LogP contribution is -2.54. The van der Waals surface area contributed by atoms with Crippen molar-refractivity contribution in [3.8, 4) is 0 Å². The second-order valence-electron chi connectivity index (χ2n) is 8.65. The summed E-state index contributed by atoms with van der Waals surface area (Å²) in [5, 5.41) is 12.7. The molecule has 0 aromatic heterocycles. The molecule has 6 nitrogen and oxygen atoms in total. The molecular formula is C16H28F3NO5Si. The molecule has 5 atom stereocenters. The van der Waals surface area contributed by atoms with E-state index in [9.17, 15) is 23.1 Å². The summed E-state index contributed by atoms with van der Waals surface area (Å²) in [6.45, 7) is 9.90. The molecule has 152 valence electrons. The van der Waals surface area contributed by atoms with Crippen molar-refractivity contribution < 1.29 is 37.0 Å². The Bertz CT molecular complexity index is 551. The summed E-state index contributed by atoms with van der Waals surface area (Å²) in [7, 11) is -0.966. The van der Waals surface area contributed by atoms with E-state index in [0.717, 1.165) is 0 Å². The molecule has 1 amide bonds. The minimum absolute atomic E-state index is 0.0847. The summed E-state index contributed by atoms with van der Waals surface area (Å²) in [6.07, 6.45) is -7.37. The Kier molecular flexibility index (Phi) is 5.60. The van der Waals surface area contributed by atoms with Crippen molar-refractivity contribution in [1.82, 2.24) is 5.32 Å². The van der Waals surface area contributed by atoms with Gasteiger partial charge in [-0.1, -0.05) is 20.8 Å². The van der Waals surface area contributed by atoms with Crippen molar-refractivity contribution in [2.24, 2.45) is 0 Å². The van der Waals surface area contributed by atoms with Crippen LogP contribution in [0.15, 0.2) is 0 Å². The monoisotopic (exact) mass is 399 g/mol. The summed E-state index contributed by atoms with van der Waals surface area (Å²) >= 11 is 0. The van der Waals surface area contributed by atoms with E-state index in [2.05, 4.69) is 0 Å². The van der Waals surface area contributed by atoms with Gasteiger partial charge in [-0.3, -0.25) is 4.79 Å². The fourth-order valence-corrected chi connectivity index (χ4v) is 4.54. The van der Waals surface area contributed by atoms with Crippen LogP contribution in [0, 0.1) is 0 Å². The van der Waals surface area contributed by atoms with Crippen LogP contribution in [0.3, 0.4) is 0 Å². The topological polar surface area (TPSA) is 77.0 Å². The maximum Gasteiger partial charge on any atom is 0.471 e. The highest BCUT2D eigenvalue weighted by Crippen LogP contribution is 2.47. The van der Waals surface area contributed by atoms with Gasteiger partial charge in [0.05, 0.1) is 12.1 Å². The zero-order chi connectivity index (χ0) is 20.1. The number of hydrogen-bond donors (Lipinski definition) is 2. The van der Waals surface area contributed by atoms with Crippen LogP contribution in [0.1, 0.15) is 33.6 Å².